The Bertz CT molecular complexity index is 1010. The van der Waals surface area contributed by atoms with Crippen molar-refractivity contribution in [3.63, 3.8) is 0 Å². The number of benzene rings is 3. The van der Waals surface area contributed by atoms with Gasteiger partial charge < -0.3 is 5.11 Å². The zero-order chi connectivity index (χ0) is 20.7. The van der Waals surface area contributed by atoms with Crippen LogP contribution in [-0.2, 0) is 10.8 Å². The molecule has 0 heterocycles. The average Bonchev–Trinajstić information content (AvgIpc) is 2.63. The van der Waals surface area contributed by atoms with Gasteiger partial charge in [-0.2, -0.15) is 0 Å². The predicted molar refractivity (Wildman–Crippen MR) is 119 cm³/mol. The Morgan fingerprint density at radius 2 is 1.00 bits per heavy atom. The molecule has 0 fully saturated rings. The van der Waals surface area contributed by atoms with Crippen LogP contribution in [0.3, 0.4) is 0 Å². The third kappa shape index (κ3) is 3.24. The highest BCUT2D eigenvalue weighted by Crippen LogP contribution is 2.47. The van der Waals surface area contributed by atoms with Gasteiger partial charge in [-0.25, -0.2) is 0 Å². The van der Waals surface area contributed by atoms with Crippen molar-refractivity contribution in [1.29, 1.82) is 0 Å². The van der Waals surface area contributed by atoms with Gasteiger partial charge in [-0.1, -0.05) is 88.4 Å². The molecule has 0 atom stereocenters. The molecule has 0 saturated heterocycles. The van der Waals surface area contributed by atoms with Gasteiger partial charge in [0, 0.05) is 16.4 Å². The molecular formula is C27H32O. The standard InChI is InChI=1S/C27H32O/c1-18-12-8-10-14-21(18)26(4,5)23-17-16-20(3)25(28)24(23)27(6,7)22-15-11-9-13-19(22)2/h8-17,28H,1-7H3. The summed E-state index contributed by atoms with van der Waals surface area (Å²) < 4.78 is 0. The highest BCUT2D eigenvalue weighted by atomic mass is 16.3. The maximum absolute atomic E-state index is 11.2. The van der Waals surface area contributed by atoms with Gasteiger partial charge in [0.05, 0.1) is 0 Å². The molecule has 0 aliphatic carbocycles. The van der Waals surface area contributed by atoms with Gasteiger partial charge in [0.2, 0.25) is 0 Å². The third-order valence-corrected chi connectivity index (χ3v) is 6.31. The van der Waals surface area contributed by atoms with Crippen molar-refractivity contribution >= 4 is 0 Å². The van der Waals surface area contributed by atoms with E-state index in [2.05, 4.69) is 96.1 Å². The number of aromatic hydroxyl groups is 1. The van der Waals surface area contributed by atoms with Crippen LogP contribution in [0.15, 0.2) is 60.7 Å². The Hall–Kier alpha value is -2.54. The van der Waals surface area contributed by atoms with Gasteiger partial charge in [-0.15, -0.1) is 0 Å². The Labute approximate surface area is 170 Å². The summed E-state index contributed by atoms with van der Waals surface area (Å²) in [6.45, 7) is 15.3. The highest BCUT2D eigenvalue weighted by Gasteiger charge is 2.36. The van der Waals surface area contributed by atoms with Crippen LogP contribution in [0.2, 0.25) is 0 Å². The first-order valence-electron chi connectivity index (χ1n) is 10.0. The lowest BCUT2D eigenvalue weighted by Gasteiger charge is -2.37. The zero-order valence-corrected chi connectivity index (χ0v) is 18.2. The fourth-order valence-corrected chi connectivity index (χ4v) is 4.68. The van der Waals surface area contributed by atoms with Crippen molar-refractivity contribution < 1.29 is 5.11 Å². The van der Waals surface area contributed by atoms with Crippen LogP contribution < -0.4 is 0 Å². The molecule has 3 aromatic rings. The van der Waals surface area contributed by atoms with Crippen molar-refractivity contribution in [1.82, 2.24) is 0 Å². The minimum Gasteiger partial charge on any atom is -0.507 e. The number of hydrogen-bond donors (Lipinski definition) is 1. The van der Waals surface area contributed by atoms with E-state index >= 15 is 0 Å². The van der Waals surface area contributed by atoms with Gasteiger partial charge in [0.15, 0.2) is 0 Å². The molecule has 1 N–H and O–H groups in total. The van der Waals surface area contributed by atoms with Crippen molar-refractivity contribution in [3.05, 3.63) is 99.6 Å². The molecule has 0 aliphatic rings. The van der Waals surface area contributed by atoms with E-state index in [1.165, 1.54) is 27.8 Å². The summed E-state index contributed by atoms with van der Waals surface area (Å²) in [6.07, 6.45) is 0. The van der Waals surface area contributed by atoms with E-state index in [0.29, 0.717) is 5.75 Å². The molecule has 0 aromatic heterocycles. The van der Waals surface area contributed by atoms with Crippen LogP contribution in [0.1, 0.15) is 66.6 Å². The number of phenolic OH excluding ortho intramolecular Hbond substituents is 1. The second-order valence-corrected chi connectivity index (χ2v) is 9.03. The lowest BCUT2D eigenvalue weighted by atomic mass is 9.66. The number of rotatable bonds is 4. The van der Waals surface area contributed by atoms with E-state index in [9.17, 15) is 5.11 Å². The summed E-state index contributed by atoms with van der Waals surface area (Å²) in [4.78, 5) is 0. The Balaban J connectivity index is 2.33. The first kappa shape index (κ1) is 20.2. The summed E-state index contributed by atoms with van der Waals surface area (Å²) in [6, 6.07) is 21.3. The van der Waals surface area contributed by atoms with E-state index in [1.807, 2.05) is 13.0 Å². The zero-order valence-electron chi connectivity index (χ0n) is 18.2. The topological polar surface area (TPSA) is 20.2 Å². The van der Waals surface area contributed by atoms with Crippen molar-refractivity contribution in [3.8, 4) is 5.75 Å². The first-order valence-corrected chi connectivity index (χ1v) is 10.0. The van der Waals surface area contributed by atoms with E-state index < -0.39 is 0 Å². The molecule has 1 nitrogen and oxygen atoms in total. The van der Waals surface area contributed by atoms with Gasteiger partial charge >= 0.3 is 0 Å². The van der Waals surface area contributed by atoms with Crippen LogP contribution in [0.25, 0.3) is 0 Å². The van der Waals surface area contributed by atoms with Crippen LogP contribution >= 0.6 is 0 Å². The highest BCUT2D eigenvalue weighted by molar-refractivity contribution is 5.58. The van der Waals surface area contributed by atoms with Gasteiger partial charge in [0.25, 0.3) is 0 Å². The molecule has 1 heteroatoms. The molecule has 28 heavy (non-hydrogen) atoms. The molecule has 0 unspecified atom stereocenters. The first-order chi connectivity index (χ1) is 13.1. The SMILES string of the molecule is Cc1ccccc1C(C)(C)c1ccc(C)c(O)c1C(C)(C)c1ccccc1C. The van der Waals surface area contributed by atoms with Crippen LogP contribution in [0.4, 0.5) is 0 Å². The molecule has 0 spiro atoms. The number of phenols is 1. The fourth-order valence-electron chi connectivity index (χ4n) is 4.68. The molecule has 0 aliphatic heterocycles. The maximum Gasteiger partial charge on any atom is 0.122 e. The lowest BCUT2D eigenvalue weighted by molar-refractivity contribution is 0.441. The second kappa shape index (κ2) is 7.13. The summed E-state index contributed by atoms with van der Waals surface area (Å²) in [5, 5.41) is 11.2. The molecule has 3 aromatic carbocycles. The number of hydrogen-bond acceptors (Lipinski definition) is 1. The van der Waals surface area contributed by atoms with Crippen molar-refractivity contribution in [2.75, 3.05) is 0 Å². The molecule has 0 bridgehead atoms. The van der Waals surface area contributed by atoms with Crippen LogP contribution in [0.5, 0.6) is 5.75 Å². The van der Waals surface area contributed by atoms with E-state index in [-0.39, 0.29) is 10.8 Å². The summed E-state index contributed by atoms with van der Waals surface area (Å²) in [7, 11) is 0. The number of aryl methyl sites for hydroxylation is 3. The monoisotopic (exact) mass is 372 g/mol. The van der Waals surface area contributed by atoms with Crippen molar-refractivity contribution in [2.24, 2.45) is 0 Å². The van der Waals surface area contributed by atoms with Crippen LogP contribution in [-0.4, -0.2) is 5.11 Å². The average molecular weight is 373 g/mol. The molecule has 3 rings (SSSR count). The molecule has 0 saturated carbocycles. The minimum absolute atomic E-state index is 0.230. The van der Waals surface area contributed by atoms with Gasteiger partial charge in [-0.3, -0.25) is 0 Å². The van der Waals surface area contributed by atoms with E-state index in [4.69, 9.17) is 0 Å². The van der Waals surface area contributed by atoms with Gasteiger partial charge in [0.1, 0.15) is 5.75 Å². The van der Waals surface area contributed by atoms with Crippen molar-refractivity contribution in [2.45, 2.75) is 59.3 Å². The quantitative estimate of drug-likeness (QED) is 0.524. The smallest absolute Gasteiger partial charge is 0.122 e. The molecule has 0 amide bonds. The molecule has 0 radical (unpaired) electrons. The molecular weight excluding hydrogens is 340 g/mol. The Kier molecular flexibility index (Phi) is 5.14. The fraction of sp³-hybridized carbons (Fsp3) is 0.333. The van der Waals surface area contributed by atoms with E-state index in [0.717, 1.165) is 11.1 Å². The summed E-state index contributed by atoms with van der Waals surface area (Å²) >= 11 is 0. The Morgan fingerprint density at radius 3 is 1.50 bits per heavy atom. The predicted octanol–water partition coefficient (Wildman–Crippen LogP) is 6.97. The van der Waals surface area contributed by atoms with E-state index in [1.54, 1.807) is 0 Å². The minimum atomic E-state index is -0.323. The third-order valence-electron chi connectivity index (χ3n) is 6.31. The lowest BCUT2D eigenvalue weighted by Crippen LogP contribution is -2.29. The maximum atomic E-state index is 11.2. The summed E-state index contributed by atoms with van der Waals surface area (Å²) in [5.41, 5.74) is 7.62. The Morgan fingerprint density at radius 1 is 0.536 bits per heavy atom. The normalized spacial score (nSPS) is 12.2. The van der Waals surface area contributed by atoms with Crippen LogP contribution in [0, 0.1) is 20.8 Å². The summed E-state index contributed by atoms with van der Waals surface area (Å²) in [5.74, 6) is 0.410. The largest absolute Gasteiger partial charge is 0.507 e. The van der Waals surface area contributed by atoms with Gasteiger partial charge in [-0.05, 0) is 54.2 Å². The molecule has 146 valence electrons. The second-order valence-electron chi connectivity index (χ2n) is 9.03.